The summed E-state index contributed by atoms with van der Waals surface area (Å²) in [5.74, 6) is 0.514. The Morgan fingerprint density at radius 3 is 2.53 bits per heavy atom. The van der Waals surface area contributed by atoms with Crippen LogP contribution < -0.4 is 10.1 Å². The Morgan fingerprint density at radius 2 is 1.84 bits per heavy atom. The lowest BCUT2D eigenvalue weighted by Gasteiger charge is -2.09. The molecule has 0 aliphatic carbocycles. The minimum absolute atomic E-state index is 0.371. The zero-order valence-corrected chi connectivity index (χ0v) is 11.6. The zero-order chi connectivity index (χ0) is 13.8. The fraction of sp³-hybridized carbons (Fsp3) is 0.0714. The predicted molar refractivity (Wildman–Crippen MR) is 77.3 cm³/mol. The number of nitrogens with one attached hydrogen (secondary N) is 1. The molecule has 1 amide bonds. The van der Waals surface area contributed by atoms with Crippen LogP contribution in [0.4, 0.5) is 10.5 Å². The first kappa shape index (κ1) is 13.7. The van der Waals surface area contributed by atoms with Crippen LogP contribution in [-0.4, -0.2) is 6.09 Å². The molecule has 0 saturated heterocycles. The number of halogens is 2. The number of rotatable bonds is 2. The molecule has 0 unspecified atom stereocenters. The maximum atomic E-state index is 11.7. The van der Waals surface area contributed by atoms with Crippen LogP contribution in [-0.2, 0) is 0 Å². The predicted octanol–water partition coefficient (Wildman–Crippen LogP) is 4.91. The summed E-state index contributed by atoms with van der Waals surface area (Å²) in [6.45, 7) is 1.86. The van der Waals surface area contributed by atoms with Crippen LogP contribution in [0.1, 0.15) is 5.56 Å². The highest BCUT2D eigenvalue weighted by Crippen LogP contribution is 2.25. The van der Waals surface area contributed by atoms with Crippen LogP contribution >= 0.6 is 23.2 Å². The van der Waals surface area contributed by atoms with Crippen molar-refractivity contribution in [2.75, 3.05) is 5.32 Å². The number of hydrogen-bond acceptors (Lipinski definition) is 2. The molecule has 0 bridgehead atoms. The van der Waals surface area contributed by atoms with E-state index >= 15 is 0 Å². The summed E-state index contributed by atoms with van der Waals surface area (Å²) >= 11 is 11.7. The number of anilines is 1. The minimum Gasteiger partial charge on any atom is -0.410 e. The largest absolute Gasteiger partial charge is 0.417 e. The standard InChI is InChI=1S/C14H11Cl2NO2/c1-9-4-2-3-5-13(9)19-14(18)17-10-6-7-11(15)12(16)8-10/h2-8H,1H3,(H,17,18). The molecule has 0 fully saturated rings. The van der Waals surface area contributed by atoms with Crippen molar-refractivity contribution < 1.29 is 9.53 Å². The molecule has 0 heterocycles. The van der Waals surface area contributed by atoms with E-state index in [2.05, 4.69) is 5.32 Å². The average molecular weight is 296 g/mol. The van der Waals surface area contributed by atoms with Crippen molar-refractivity contribution >= 4 is 35.0 Å². The number of hydrogen-bond donors (Lipinski definition) is 1. The van der Waals surface area contributed by atoms with E-state index in [-0.39, 0.29) is 0 Å². The van der Waals surface area contributed by atoms with Crippen molar-refractivity contribution in [1.82, 2.24) is 0 Å². The number of carbonyl (C=O) groups is 1. The van der Waals surface area contributed by atoms with E-state index in [0.29, 0.717) is 21.5 Å². The zero-order valence-electron chi connectivity index (χ0n) is 10.1. The molecule has 0 aliphatic rings. The second-order valence-corrected chi connectivity index (χ2v) is 4.72. The maximum Gasteiger partial charge on any atom is 0.417 e. The Labute approximate surface area is 121 Å². The van der Waals surface area contributed by atoms with E-state index in [1.807, 2.05) is 19.1 Å². The van der Waals surface area contributed by atoms with Gasteiger partial charge >= 0.3 is 6.09 Å². The molecule has 0 radical (unpaired) electrons. The second-order valence-electron chi connectivity index (χ2n) is 3.91. The first-order chi connectivity index (χ1) is 9.06. The summed E-state index contributed by atoms with van der Waals surface area (Å²) < 4.78 is 5.19. The topological polar surface area (TPSA) is 38.3 Å². The minimum atomic E-state index is -0.576. The number of carbonyl (C=O) groups excluding carboxylic acids is 1. The van der Waals surface area contributed by atoms with Gasteiger partial charge in [0.1, 0.15) is 5.75 Å². The third-order valence-electron chi connectivity index (χ3n) is 2.46. The molecule has 0 spiro atoms. The lowest BCUT2D eigenvalue weighted by atomic mass is 10.2. The third kappa shape index (κ3) is 3.63. The van der Waals surface area contributed by atoms with Crippen molar-refractivity contribution in [2.45, 2.75) is 6.92 Å². The molecule has 3 nitrogen and oxygen atoms in total. The fourth-order valence-corrected chi connectivity index (χ4v) is 1.79. The smallest absolute Gasteiger partial charge is 0.410 e. The van der Waals surface area contributed by atoms with Crippen LogP contribution in [0.3, 0.4) is 0 Å². The van der Waals surface area contributed by atoms with Crippen LogP contribution in [0.15, 0.2) is 42.5 Å². The second kappa shape index (κ2) is 5.95. The molecule has 1 N–H and O–H groups in total. The fourth-order valence-electron chi connectivity index (χ4n) is 1.49. The molecule has 2 rings (SSSR count). The number of amides is 1. The van der Waals surface area contributed by atoms with Crippen molar-refractivity contribution in [2.24, 2.45) is 0 Å². The van der Waals surface area contributed by atoms with E-state index in [9.17, 15) is 4.79 Å². The van der Waals surface area contributed by atoms with Crippen LogP contribution in [0.25, 0.3) is 0 Å². The Balaban J connectivity index is 2.05. The molecule has 0 aromatic heterocycles. The summed E-state index contributed by atoms with van der Waals surface area (Å²) in [7, 11) is 0. The first-order valence-electron chi connectivity index (χ1n) is 5.56. The maximum absolute atomic E-state index is 11.7. The van der Waals surface area contributed by atoms with Gasteiger partial charge in [0.25, 0.3) is 0 Å². The van der Waals surface area contributed by atoms with E-state index in [1.54, 1.807) is 30.3 Å². The van der Waals surface area contributed by atoms with Crippen molar-refractivity contribution in [1.29, 1.82) is 0 Å². The van der Waals surface area contributed by atoms with Gasteiger partial charge in [-0.05, 0) is 36.8 Å². The Morgan fingerprint density at radius 1 is 1.11 bits per heavy atom. The Bertz CT molecular complexity index is 614. The normalized spacial score (nSPS) is 10.1. The highest BCUT2D eigenvalue weighted by Gasteiger charge is 2.08. The van der Waals surface area contributed by atoms with Crippen LogP contribution in [0, 0.1) is 6.92 Å². The summed E-state index contributed by atoms with van der Waals surface area (Å²) in [4.78, 5) is 11.7. The quantitative estimate of drug-likeness (QED) is 0.854. The van der Waals surface area contributed by atoms with E-state index in [0.717, 1.165) is 5.56 Å². The van der Waals surface area contributed by atoms with Crippen LogP contribution in [0.2, 0.25) is 10.0 Å². The molecular weight excluding hydrogens is 285 g/mol. The molecule has 5 heteroatoms. The number of aryl methyl sites for hydroxylation is 1. The summed E-state index contributed by atoms with van der Waals surface area (Å²) in [6, 6.07) is 12.1. The summed E-state index contributed by atoms with van der Waals surface area (Å²) in [6.07, 6.45) is -0.576. The van der Waals surface area contributed by atoms with Crippen molar-refractivity contribution in [3.63, 3.8) is 0 Å². The third-order valence-corrected chi connectivity index (χ3v) is 3.20. The van der Waals surface area contributed by atoms with Gasteiger partial charge in [-0.3, -0.25) is 5.32 Å². The molecule has 98 valence electrons. The van der Waals surface area contributed by atoms with E-state index in [1.165, 1.54) is 0 Å². The Hall–Kier alpha value is -1.71. The molecular formula is C14H11Cl2NO2. The summed E-state index contributed by atoms with van der Waals surface area (Å²) in [5, 5.41) is 3.38. The molecule has 19 heavy (non-hydrogen) atoms. The lowest BCUT2D eigenvalue weighted by Crippen LogP contribution is -2.17. The highest BCUT2D eigenvalue weighted by atomic mass is 35.5. The van der Waals surface area contributed by atoms with Gasteiger partial charge in [0.05, 0.1) is 10.0 Å². The number of para-hydroxylation sites is 1. The van der Waals surface area contributed by atoms with Gasteiger partial charge in [-0.25, -0.2) is 4.79 Å². The monoisotopic (exact) mass is 295 g/mol. The number of ether oxygens (including phenoxy) is 1. The molecule has 2 aromatic carbocycles. The van der Waals surface area contributed by atoms with Gasteiger partial charge in [0, 0.05) is 5.69 Å². The number of benzene rings is 2. The van der Waals surface area contributed by atoms with E-state index < -0.39 is 6.09 Å². The first-order valence-corrected chi connectivity index (χ1v) is 6.31. The highest BCUT2D eigenvalue weighted by molar-refractivity contribution is 6.42. The van der Waals surface area contributed by atoms with Crippen molar-refractivity contribution in [3.05, 3.63) is 58.1 Å². The van der Waals surface area contributed by atoms with Crippen molar-refractivity contribution in [3.8, 4) is 5.75 Å². The van der Waals surface area contributed by atoms with Gasteiger partial charge < -0.3 is 4.74 Å². The van der Waals surface area contributed by atoms with Gasteiger partial charge in [-0.15, -0.1) is 0 Å². The average Bonchev–Trinajstić information content (AvgIpc) is 2.37. The van der Waals surface area contributed by atoms with Gasteiger partial charge in [0.15, 0.2) is 0 Å². The summed E-state index contributed by atoms with van der Waals surface area (Å²) in [5.41, 5.74) is 1.40. The molecule has 0 atom stereocenters. The van der Waals surface area contributed by atoms with E-state index in [4.69, 9.17) is 27.9 Å². The van der Waals surface area contributed by atoms with Gasteiger partial charge in [-0.1, -0.05) is 41.4 Å². The van der Waals surface area contributed by atoms with Gasteiger partial charge in [-0.2, -0.15) is 0 Å². The molecule has 2 aromatic rings. The lowest BCUT2D eigenvalue weighted by molar-refractivity contribution is 0.215. The SMILES string of the molecule is Cc1ccccc1OC(=O)Nc1ccc(Cl)c(Cl)c1. The molecule has 0 aliphatic heterocycles. The Kier molecular flexibility index (Phi) is 4.30. The van der Waals surface area contributed by atoms with Crippen LogP contribution in [0.5, 0.6) is 5.75 Å². The molecule has 0 saturated carbocycles. The van der Waals surface area contributed by atoms with Gasteiger partial charge in [0.2, 0.25) is 0 Å².